The monoisotopic (exact) mass is 189 g/mol. The van der Waals surface area contributed by atoms with Crippen LogP contribution in [0.3, 0.4) is 0 Å². The molecule has 0 atom stereocenters. The quantitative estimate of drug-likeness (QED) is 0.592. The molecular weight excluding hydrogens is 174 g/mol. The Morgan fingerprint density at radius 2 is 1.15 bits per heavy atom. The van der Waals surface area contributed by atoms with E-state index in [4.69, 9.17) is 10.2 Å². The number of carboxylic acid groups (broad SMARTS) is 2. The average molecular weight is 189 g/mol. The van der Waals surface area contributed by atoms with Crippen LogP contribution in [-0.4, -0.2) is 33.2 Å². The van der Waals surface area contributed by atoms with Crippen molar-refractivity contribution in [3.05, 3.63) is 0 Å². The molecule has 0 rings (SSSR count). The molecule has 0 unspecified atom stereocenters. The Balaban J connectivity index is 4.61. The van der Waals surface area contributed by atoms with Gasteiger partial charge in [0.05, 0.1) is 0 Å². The van der Waals surface area contributed by atoms with Gasteiger partial charge in [-0.25, -0.2) is 0 Å². The lowest BCUT2D eigenvalue weighted by atomic mass is 9.98. The van der Waals surface area contributed by atoms with E-state index in [9.17, 15) is 9.59 Å². The molecule has 0 aliphatic rings. The fourth-order valence-electron chi connectivity index (χ4n) is 0.888. The van der Waals surface area contributed by atoms with Crippen LogP contribution in [0.1, 0.15) is 27.7 Å². The molecule has 0 aliphatic carbocycles. The van der Waals surface area contributed by atoms with Gasteiger partial charge in [-0.3, -0.25) is 14.9 Å². The number of hydrogen-bond acceptors (Lipinski definition) is 3. The molecule has 0 spiro atoms. The molecule has 0 heterocycles. The van der Waals surface area contributed by atoms with E-state index in [2.05, 4.69) is 5.32 Å². The molecule has 5 heteroatoms. The lowest BCUT2D eigenvalue weighted by Crippen LogP contribution is -2.59. The van der Waals surface area contributed by atoms with Gasteiger partial charge in [0, 0.05) is 0 Å². The summed E-state index contributed by atoms with van der Waals surface area (Å²) in [5, 5.41) is 20.0. The molecule has 0 aromatic heterocycles. The number of carboxylic acids is 2. The third-order valence-corrected chi connectivity index (χ3v) is 1.69. The average Bonchev–Trinajstić information content (AvgIpc) is 1.83. The first-order valence-electron chi connectivity index (χ1n) is 3.86. The zero-order valence-corrected chi connectivity index (χ0v) is 8.21. The molecule has 0 fully saturated rings. The first kappa shape index (κ1) is 11.9. The minimum Gasteiger partial charge on any atom is -0.480 e. The summed E-state index contributed by atoms with van der Waals surface area (Å²) in [6.45, 7) is 5.67. The maximum absolute atomic E-state index is 10.7. The van der Waals surface area contributed by atoms with Crippen LogP contribution in [0.5, 0.6) is 0 Å². The molecule has 0 bridgehead atoms. The highest BCUT2D eigenvalue weighted by Gasteiger charge is 2.37. The molecule has 13 heavy (non-hydrogen) atoms. The third-order valence-electron chi connectivity index (χ3n) is 1.69. The van der Waals surface area contributed by atoms with Crippen molar-refractivity contribution in [3.63, 3.8) is 0 Å². The lowest BCUT2D eigenvalue weighted by Gasteiger charge is -2.30. The molecule has 0 radical (unpaired) electrons. The number of hydrogen-bond donors (Lipinski definition) is 3. The van der Waals surface area contributed by atoms with Crippen LogP contribution >= 0.6 is 0 Å². The van der Waals surface area contributed by atoms with Crippen molar-refractivity contribution in [1.82, 2.24) is 5.32 Å². The zero-order valence-electron chi connectivity index (χ0n) is 8.21. The van der Waals surface area contributed by atoms with Gasteiger partial charge >= 0.3 is 11.9 Å². The molecule has 76 valence electrons. The first-order chi connectivity index (χ1) is 5.59. The molecular formula is C8H15NO4. The smallest absolute Gasteiger partial charge is 0.323 e. The van der Waals surface area contributed by atoms with E-state index in [-0.39, 0.29) is 0 Å². The maximum atomic E-state index is 10.7. The van der Waals surface area contributed by atoms with Crippen molar-refractivity contribution in [2.45, 2.75) is 38.8 Å². The van der Waals surface area contributed by atoms with Crippen LogP contribution in [-0.2, 0) is 9.59 Å². The second kappa shape index (κ2) is 3.33. The Bertz CT molecular complexity index is 208. The summed E-state index contributed by atoms with van der Waals surface area (Å²) in [4.78, 5) is 21.3. The number of rotatable bonds is 4. The maximum Gasteiger partial charge on any atom is 0.323 e. The van der Waals surface area contributed by atoms with Gasteiger partial charge in [0.1, 0.15) is 11.1 Å². The Hall–Kier alpha value is -1.10. The Labute approximate surface area is 76.8 Å². The lowest BCUT2D eigenvalue weighted by molar-refractivity contribution is -0.148. The predicted molar refractivity (Wildman–Crippen MR) is 46.6 cm³/mol. The summed E-state index contributed by atoms with van der Waals surface area (Å²) < 4.78 is 0. The molecule has 0 saturated heterocycles. The van der Waals surface area contributed by atoms with Crippen molar-refractivity contribution in [3.8, 4) is 0 Å². The second-order valence-electron chi connectivity index (χ2n) is 3.99. The number of aliphatic carboxylic acids is 2. The van der Waals surface area contributed by atoms with E-state index in [1.807, 2.05) is 0 Å². The van der Waals surface area contributed by atoms with Crippen molar-refractivity contribution < 1.29 is 19.8 Å². The van der Waals surface area contributed by atoms with Crippen LogP contribution in [0.4, 0.5) is 0 Å². The van der Waals surface area contributed by atoms with E-state index in [0.717, 1.165) is 0 Å². The largest absolute Gasteiger partial charge is 0.480 e. The van der Waals surface area contributed by atoms with Crippen LogP contribution in [0.15, 0.2) is 0 Å². The van der Waals surface area contributed by atoms with Crippen molar-refractivity contribution in [1.29, 1.82) is 0 Å². The van der Waals surface area contributed by atoms with Gasteiger partial charge in [-0.05, 0) is 27.7 Å². The molecule has 0 amide bonds. The van der Waals surface area contributed by atoms with Gasteiger partial charge in [0.15, 0.2) is 0 Å². The van der Waals surface area contributed by atoms with Crippen LogP contribution in [0.25, 0.3) is 0 Å². The van der Waals surface area contributed by atoms with E-state index < -0.39 is 23.0 Å². The van der Waals surface area contributed by atoms with Gasteiger partial charge in [-0.1, -0.05) is 0 Å². The highest BCUT2D eigenvalue weighted by Crippen LogP contribution is 2.11. The number of nitrogens with one attached hydrogen (secondary N) is 1. The SMILES string of the molecule is CC(C)(NC(C)(C)C(=O)O)C(=O)O. The molecule has 0 aromatic rings. The van der Waals surface area contributed by atoms with Crippen molar-refractivity contribution >= 4 is 11.9 Å². The number of carbonyl (C=O) groups is 2. The minimum atomic E-state index is -1.25. The van der Waals surface area contributed by atoms with E-state index in [0.29, 0.717) is 0 Å². The van der Waals surface area contributed by atoms with Crippen molar-refractivity contribution in [2.24, 2.45) is 0 Å². The summed E-state index contributed by atoms with van der Waals surface area (Å²) in [6.07, 6.45) is 0. The Morgan fingerprint density at radius 1 is 0.923 bits per heavy atom. The van der Waals surface area contributed by atoms with E-state index >= 15 is 0 Å². The van der Waals surface area contributed by atoms with Crippen LogP contribution < -0.4 is 5.32 Å². The Kier molecular flexibility index (Phi) is 3.05. The second-order valence-corrected chi connectivity index (χ2v) is 3.99. The van der Waals surface area contributed by atoms with Crippen molar-refractivity contribution in [2.75, 3.05) is 0 Å². The normalized spacial score (nSPS) is 12.6. The summed E-state index contributed by atoms with van der Waals surface area (Å²) in [5.74, 6) is -2.16. The highest BCUT2D eigenvalue weighted by molar-refractivity contribution is 5.82. The summed E-state index contributed by atoms with van der Waals surface area (Å²) in [7, 11) is 0. The summed E-state index contributed by atoms with van der Waals surface area (Å²) in [6, 6.07) is 0. The summed E-state index contributed by atoms with van der Waals surface area (Å²) in [5.41, 5.74) is -2.50. The minimum absolute atomic E-state index is 1.08. The van der Waals surface area contributed by atoms with Gasteiger partial charge in [-0.2, -0.15) is 0 Å². The molecule has 0 saturated carbocycles. The van der Waals surface area contributed by atoms with Gasteiger partial charge in [-0.15, -0.1) is 0 Å². The fraction of sp³-hybridized carbons (Fsp3) is 0.750. The van der Waals surface area contributed by atoms with Gasteiger partial charge in [0.25, 0.3) is 0 Å². The highest BCUT2D eigenvalue weighted by atomic mass is 16.4. The summed E-state index contributed by atoms with van der Waals surface area (Å²) >= 11 is 0. The molecule has 3 N–H and O–H groups in total. The molecule has 0 aliphatic heterocycles. The van der Waals surface area contributed by atoms with E-state index in [1.165, 1.54) is 27.7 Å². The topological polar surface area (TPSA) is 86.6 Å². The Morgan fingerprint density at radius 3 is 1.31 bits per heavy atom. The van der Waals surface area contributed by atoms with E-state index in [1.54, 1.807) is 0 Å². The molecule has 5 nitrogen and oxygen atoms in total. The van der Waals surface area contributed by atoms with Crippen LogP contribution in [0, 0.1) is 0 Å². The standard InChI is InChI=1S/C8H15NO4/c1-7(2,5(10)11)9-8(3,4)6(12)13/h9H,1-4H3,(H,10,11)(H,12,13). The molecule has 0 aromatic carbocycles. The predicted octanol–water partition coefficient (Wildman–Crippen LogP) is 0.302. The van der Waals surface area contributed by atoms with Gasteiger partial charge in [0.2, 0.25) is 0 Å². The first-order valence-corrected chi connectivity index (χ1v) is 3.86. The van der Waals surface area contributed by atoms with Crippen LogP contribution in [0.2, 0.25) is 0 Å². The third kappa shape index (κ3) is 3.02. The zero-order chi connectivity index (χ0) is 10.9. The fourth-order valence-corrected chi connectivity index (χ4v) is 0.888. The van der Waals surface area contributed by atoms with Gasteiger partial charge < -0.3 is 10.2 Å².